The van der Waals surface area contributed by atoms with Crippen LogP contribution in [-0.2, 0) is 4.79 Å². The lowest BCUT2D eigenvalue weighted by Crippen LogP contribution is -2.56. The Morgan fingerprint density at radius 1 is 1.42 bits per heavy atom. The first-order valence-corrected chi connectivity index (χ1v) is 7.63. The lowest BCUT2D eigenvalue weighted by molar-refractivity contribution is -0.143. The molecule has 0 spiro atoms. The van der Waals surface area contributed by atoms with Gasteiger partial charge >= 0.3 is 12.0 Å². The van der Waals surface area contributed by atoms with Crippen LogP contribution in [0.1, 0.15) is 40.5 Å². The number of thioether (sulfide) groups is 1. The number of hydrogen-bond acceptors (Lipinski definition) is 3. The fraction of sp³-hybridized carbons (Fsp3) is 0.846. The van der Waals surface area contributed by atoms with Crippen molar-refractivity contribution in [1.82, 2.24) is 10.2 Å². The number of hydrogen-bond donors (Lipinski definition) is 2. The zero-order valence-electron chi connectivity index (χ0n) is 12.2. The zero-order valence-corrected chi connectivity index (χ0v) is 13.0. The average Bonchev–Trinajstić information content (AvgIpc) is 2.49. The number of carboxylic acids is 1. The van der Waals surface area contributed by atoms with E-state index in [1.165, 1.54) is 0 Å². The number of nitrogens with one attached hydrogen (secondary N) is 1. The Morgan fingerprint density at radius 3 is 2.58 bits per heavy atom. The Hall–Kier alpha value is -0.910. The number of aliphatic carboxylic acids is 1. The highest BCUT2D eigenvalue weighted by Crippen LogP contribution is 2.30. The lowest BCUT2D eigenvalue weighted by atomic mass is 10.00. The molecule has 2 amide bonds. The quantitative estimate of drug-likeness (QED) is 0.835. The number of carbonyl (C=O) groups is 2. The van der Waals surface area contributed by atoms with Crippen molar-refractivity contribution in [3.8, 4) is 0 Å². The molecule has 110 valence electrons. The first-order chi connectivity index (χ1) is 8.70. The first kappa shape index (κ1) is 16.1. The molecule has 1 aliphatic heterocycles. The van der Waals surface area contributed by atoms with Gasteiger partial charge in [-0.05, 0) is 19.8 Å². The summed E-state index contributed by atoms with van der Waals surface area (Å²) in [6.45, 7) is 8.99. The molecule has 19 heavy (non-hydrogen) atoms. The van der Waals surface area contributed by atoms with Crippen LogP contribution in [0.2, 0.25) is 0 Å². The predicted molar refractivity (Wildman–Crippen MR) is 77.6 cm³/mol. The van der Waals surface area contributed by atoms with Crippen LogP contribution in [0.25, 0.3) is 0 Å². The van der Waals surface area contributed by atoms with Gasteiger partial charge in [0.25, 0.3) is 0 Å². The van der Waals surface area contributed by atoms with Gasteiger partial charge in [0.1, 0.15) is 5.54 Å². The molecule has 1 heterocycles. The van der Waals surface area contributed by atoms with Crippen LogP contribution >= 0.6 is 11.8 Å². The summed E-state index contributed by atoms with van der Waals surface area (Å²) < 4.78 is 0.176. The van der Waals surface area contributed by atoms with Crippen molar-refractivity contribution in [3.63, 3.8) is 0 Å². The van der Waals surface area contributed by atoms with Crippen molar-refractivity contribution in [2.45, 2.75) is 50.8 Å². The Morgan fingerprint density at radius 2 is 2.05 bits per heavy atom. The molecule has 6 heteroatoms. The van der Waals surface area contributed by atoms with E-state index >= 15 is 0 Å². The molecule has 1 rings (SSSR count). The summed E-state index contributed by atoms with van der Waals surface area (Å²) in [7, 11) is 0. The molecule has 0 aliphatic carbocycles. The SMILES string of the molecule is CCC(C)(NC(=O)N1CCSC(C)(C)CC1)C(=O)O. The summed E-state index contributed by atoms with van der Waals surface area (Å²) in [6, 6.07) is -0.273. The third-order valence-electron chi connectivity index (χ3n) is 3.69. The fourth-order valence-corrected chi connectivity index (χ4v) is 2.93. The lowest BCUT2D eigenvalue weighted by Gasteiger charge is -2.29. The molecule has 1 saturated heterocycles. The Bertz CT molecular complexity index is 360. The number of rotatable bonds is 3. The molecule has 5 nitrogen and oxygen atoms in total. The number of carboxylic acid groups (broad SMARTS) is 1. The molecule has 0 bridgehead atoms. The van der Waals surface area contributed by atoms with Crippen molar-refractivity contribution in [2.75, 3.05) is 18.8 Å². The van der Waals surface area contributed by atoms with E-state index in [2.05, 4.69) is 19.2 Å². The third kappa shape index (κ3) is 4.30. The van der Waals surface area contributed by atoms with Crippen LogP contribution in [0, 0.1) is 0 Å². The van der Waals surface area contributed by atoms with Gasteiger partial charge in [-0.3, -0.25) is 0 Å². The number of amides is 2. The molecule has 1 fully saturated rings. The number of urea groups is 1. The van der Waals surface area contributed by atoms with E-state index in [0.717, 1.165) is 12.2 Å². The van der Waals surface area contributed by atoms with Crippen LogP contribution in [0.4, 0.5) is 4.79 Å². The van der Waals surface area contributed by atoms with Gasteiger partial charge in [-0.25, -0.2) is 9.59 Å². The van der Waals surface area contributed by atoms with Crippen LogP contribution in [0.15, 0.2) is 0 Å². The number of nitrogens with zero attached hydrogens (tertiary/aromatic N) is 1. The van der Waals surface area contributed by atoms with Crippen molar-refractivity contribution in [1.29, 1.82) is 0 Å². The summed E-state index contributed by atoms with van der Waals surface area (Å²) in [5.74, 6) is -0.107. The monoisotopic (exact) mass is 288 g/mol. The van der Waals surface area contributed by atoms with E-state index in [9.17, 15) is 14.7 Å². The van der Waals surface area contributed by atoms with Crippen molar-refractivity contribution in [3.05, 3.63) is 0 Å². The summed E-state index contributed by atoms with van der Waals surface area (Å²) in [4.78, 5) is 25.1. The molecule has 1 atom stereocenters. The molecule has 0 saturated carbocycles. The van der Waals surface area contributed by atoms with Gasteiger partial charge in [-0.2, -0.15) is 11.8 Å². The summed E-state index contributed by atoms with van der Waals surface area (Å²) in [6.07, 6.45) is 1.28. The normalized spacial score (nSPS) is 22.2. The van der Waals surface area contributed by atoms with Crippen LogP contribution in [0.5, 0.6) is 0 Å². The van der Waals surface area contributed by atoms with E-state index in [-0.39, 0.29) is 10.8 Å². The van der Waals surface area contributed by atoms with Crippen molar-refractivity contribution < 1.29 is 14.7 Å². The highest BCUT2D eigenvalue weighted by Gasteiger charge is 2.35. The van der Waals surface area contributed by atoms with E-state index in [0.29, 0.717) is 19.5 Å². The molecule has 2 N–H and O–H groups in total. The van der Waals surface area contributed by atoms with Crippen LogP contribution in [0.3, 0.4) is 0 Å². The average molecular weight is 288 g/mol. The highest BCUT2D eigenvalue weighted by atomic mass is 32.2. The summed E-state index contributed by atoms with van der Waals surface area (Å²) >= 11 is 1.85. The molecule has 0 radical (unpaired) electrons. The van der Waals surface area contributed by atoms with Gasteiger partial charge in [-0.1, -0.05) is 20.8 Å². The van der Waals surface area contributed by atoms with Gasteiger partial charge in [0, 0.05) is 23.6 Å². The third-order valence-corrected chi connectivity index (χ3v) is 5.06. The Balaban J connectivity index is 2.65. The largest absolute Gasteiger partial charge is 0.480 e. The molecular formula is C13H24N2O3S. The Kier molecular flexibility index (Phi) is 5.12. The summed E-state index contributed by atoms with van der Waals surface area (Å²) in [5.41, 5.74) is -1.19. The smallest absolute Gasteiger partial charge is 0.329 e. The fourth-order valence-electron chi connectivity index (χ4n) is 1.83. The molecule has 0 aromatic carbocycles. The number of carbonyl (C=O) groups excluding carboxylic acids is 1. The topological polar surface area (TPSA) is 69.6 Å². The molecule has 1 unspecified atom stereocenters. The molecule has 1 aliphatic rings. The van der Waals surface area contributed by atoms with E-state index in [1.54, 1.807) is 18.7 Å². The maximum absolute atomic E-state index is 12.2. The van der Waals surface area contributed by atoms with Crippen LogP contribution < -0.4 is 5.32 Å². The predicted octanol–water partition coefficient (Wildman–Crippen LogP) is 2.17. The minimum absolute atomic E-state index is 0.176. The molecular weight excluding hydrogens is 264 g/mol. The standard InChI is InChI=1S/C13H24N2O3S/c1-5-13(4,10(16)17)14-11(18)15-7-6-12(2,3)19-9-8-15/h5-9H2,1-4H3,(H,14,18)(H,16,17). The van der Waals surface area contributed by atoms with Crippen molar-refractivity contribution >= 4 is 23.8 Å². The van der Waals surface area contributed by atoms with Gasteiger partial charge in [0.05, 0.1) is 0 Å². The zero-order chi connectivity index (χ0) is 14.7. The maximum Gasteiger partial charge on any atom is 0.329 e. The summed E-state index contributed by atoms with van der Waals surface area (Å²) in [5, 5.41) is 11.8. The van der Waals surface area contributed by atoms with Gasteiger partial charge in [0.15, 0.2) is 0 Å². The molecule has 0 aromatic heterocycles. The van der Waals surface area contributed by atoms with Gasteiger partial charge in [-0.15, -0.1) is 0 Å². The van der Waals surface area contributed by atoms with Gasteiger partial charge in [0.2, 0.25) is 0 Å². The minimum Gasteiger partial charge on any atom is -0.480 e. The van der Waals surface area contributed by atoms with Crippen molar-refractivity contribution in [2.24, 2.45) is 0 Å². The van der Waals surface area contributed by atoms with Crippen LogP contribution in [-0.4, -0.2) is 51.1 Å². The Labute approximate surface area is 119 Å². The van der Waals surface area contributed by atoms with Gasteiger partial charge < -0.3 is 15.3 Å². The first-order valence-electron chi connectivity index (χ1n) is 6.64. The second-order valence-electron chi connectivity index (χ2n) is 5.77. The maximum atomic E-state index is 12.2. The second kappa shape index (κ2) is 6.03. The van der Waals surface area contributed by atoms with E-state index in [4.69, 9.17) is 0 Å². The minimum atomic E-state index is -1.19. The van der Waals surface area contributed by atoms with E-state index < -0.39 is 11.5 Å². The highest BCUT2D eigenvalue weighted by molar-refractivity contribution is 8.00. The molecule has 0 aromatic rings. The van der Waals surface area contributed by atoms with E-state index in [1.807, 2.05) is 11.8 Å². The second-order valence-corrected chi connectivity index (χ2v) is 7.57.